The number of nitrogens with one attached hydrogen (secondary N) is 2. The first-order chi connectivity index (χ1) is 7.11. The van der Waals surface area contributed by atoms with Crippen LogP contribution in [0.3, 0.4) is 0 Å². The summed E-state index contributed by atoms with van der Waals surface area (Å²) in [4.78, 5) is 0. The molecule has 0 saturated heterocycles. The van der Waals surface area contributed by atoms with Crippen molar-refractivity contribution < 1.29 is 0 Å². The third-order valence-corrected chi connectivity index (χ3v) is 4.14. The van der Waals surface area contributed by atoms with Crippen LogP contribution in [0, 0.1) is 0 Å². The van der Waals surface area contributed by atoms with E-state index in [4.69, 9.17) is 12.2 Å². The van der Waals surface area contributed by atoms with Crippen molar-refractivity contribution in [1.82, 2.24) is 10.6 Å². The largest absolute Gasteiger partial charge is 0.361 e. The summed E-state index contributed by atoms with van der Waals surface area (Å²) in [5.74, 6) is 0. The molecule has 1 rings (SSSR count). The van der Waals surface area contributed by atoms with Crippen LogP contribution in [-0.4, -0.2) is 28.7 Å². The van der Waals surface area contributed by atoms with Gasteiger partial charge in [0.2, 0.25) is 0 Å². The van der Waals surface area contributed by atoms with Gasteiger partial charge in [0.15, 0.2) is 5.11 Å². The third kappa shape index (κ3) is 5.07. The van der Waals surface area contributed by atoms with Gasteiger partial charge >= 0.3 is 0 Å². The van der Waals surface area contributed by atoms with E-state index in [1.54, 1.807) is 0 Å². The smallest absolute Gasteiger partial charge is 0.166 e. The highest BCUT2D eigenvalue weighted by Gasteiger charge is 2.20. The normalized spacial score (nSPS) is 26.4. The summed E-state index contributed by atoms with van der Waals surface area (Å²) in [5, 5.41) is 8.32. The monoisotopic (exact) mass is 246 g/mol. The Balaban J connectivity index is 2.20. The molecule has 0 aromatic carbocycles. The van der Waals surface area contributed by atoms with E-state index in [2.05, 4.69) is 30.7 Å². The Morgan fingerprint density at radius 2 is 1.87 bits per heavy atom. The number of thioether (sulfide) groups is 1. The Morgan fingerprint density at radius 3 is 2.33 bits per heavy atom. The molecule has 0 spiro atoms. The van der Waals surface area contributed by atoms with Crippen molar-refractivity contribution in [3.63, 3.8) is 0 Å². The molecule has 2 N–H and O–H groups in total. The second kappa shape index (κ2) is 6.59. The van der Waals surface area contributed by atoms with Crippen molar-refractivity contribution in [2.45, 2.75) is 56.9 Å². The van der Waals surface area contributed by atoms with Crippen LogP contribution in [-0.2, 0) is 0 Å². The number of rotatable bonds is 3. The Hall–Kier alpha value is 0.0400. The number of hydrogen-bond donors (Lipinski definition) is 2. The van der Waals surface area contributed by atoms with Gasteiger partial charge in [-0.05, 0) is 58.0 Å². The van der Waals surface area contributed by atoms with Gasteiger partial charge in [-0.25, -0.2) is 0 Å². The SMILES string of the molecule is CSC1CCC(NC(=S)NC(C)C)CC1. The standard InChI is InChI=1S/C11H22N2S2/c1-8(2)12-11(14)13-9-4-6-10(15-3)7-5-9/h8-10H,4-7H2,1-3H3,(H2,12,13,14). The maximum Gasteiger partial charge on any atom is 0.166 e. The zero-order chi connectivity index (χ0) is 11.3. The summed E-state index contributed by atoms with van der Waals surface area (Å²) in [5.41, 5.74) is 0. The predicted molar refractivity (Wildman–Crippen MR) is 73.6 cm³/mol. The Labute approximate surface area is 103 Å². The second-order valence-electron chi connectivity index (χ2n) is 4.48. The average Bonchev–Trinajstić information content (AvgIpc) is 2.17. The van der Waals surface area contributed by atoms with Gasteiger partial charge in [0, 0.05) is 17.3 Å². The maximum absolute atomic E-state index is 5.24. The summed E-state index contributed by atoms with van der Waals surface area (Å²) in [6.45, 7) is 4.22. The molecule has 0 heterocycles. The van der Waals surface area contributed by atoms with Gasteiger partial charge in [-0.3, -0.25) is 0 Å². The topological polar surface area (TPSA) is 24.1 Å². The third-order valence-electron chi connectivity index (χ3n) is 2.76. The predicted octanol–water partition coefficient (Wildman–Crippen LogP) is 2.53. The summed E-state index contributed by atoms with van der Waals surface area (Å²) < 4.78 is 0. The molecule has 0 atom stereocenters. The molecule has 2 nitrogen and oxygen atoms in total. The van der Waals surface area contributed by atoms with E-state index in [1.165, 1.54) is 25.7 Å². The van der Waals surface area contributed by atoms with Gasteiger partial charge in [-0.2, -0.15) is 11.8 Å². The maximum atomic E-state index is 5.24. The van der Waals surface area contributed by atoms with E-state index < -0.39 is 0 Å². The molecule has 0 radical (unpaired) electrons. The molecule has 1 aliphatic rings. The van der Waals surface area contributed by atoms with E-state index in [-0.39, 0.29) is 0 Å². The molecule has 0 aromatic heterocycles. The summed E-state index contributed by atoms with van der Waals surface area (Å²) in [6.07, 6.45) is 7.37. The zero-order valence-electron chi connectivity index (χ0n) is 9.88. The van der Waals surface area contributed by atoms with Crippen LogP contribution in [0.2, 0.25) is 0 Å². The van der Waals surface area contributed by atoms with Crippen LogP contribution in [0.4, 0.5) is 0 Å². The first-order valence-corrected chi connectivity index (χ1v) is 7.41. The lowest BCUT2D eigenvalue weighted by Crippen LogP contribution is -2.45. The van der Waals surface area contributed by atoms with Crippen LogP contribution in [0.25, 0.3) is 0 Å². The number of thiocarbonyl (C=S) groups is 1. The van der Waals surface area contributed by atoms with E-state index >= 15 is 0 Å². The molecule has 1 saturated carbocycles. The Kier molecular flexibility index (Phi) is 5.75. The summed E-state index contributed by atoms with van der Waals surface area (Å²) in [6, 6.07) is 1.01. The highest BCUT2D eigenvalue weighted by atomic mass is 32.2. The molecule has 1 aliphatic carbocycles. The fourth-order valence-electron chi connectivity index (χ4n) is 1.93. The van der Waals surface area contributed by atoms with Crippen molar-refractivity contribution in [3.05, 3.63) is 0 Å². The van der Waals surface area contributed by atoms with Crippen molar-refractivity contribution in [2.24, 2.45) is 0 Å². The highest BCUT2D eigenvalue weighted by molar-refractivity contribution is 7.99. The molecule has 4 heteroatoms. The van der Waals surface area contributed by atoms with Crippen molar-refractivity contribution in [1.29, 1.82) is 0 Å². The molecule has 1 fully saturated rings. The minimum absolute atomic E-state index is 0.424. The molecule has 15 heavy (non-hydrogen) atoms. The Morgan fingerprint density at radius 1 is 1.27 bits per heavy atom. The Bertz CT molecular complexity index is 199. The fraction of sp³-hybridized carbons (Fsp3) is 0.909. The van der Waals surface area contributed by atoms with Crippen LogP contribution >= 0.6 is 24.0 Å². The molecule has 0 aromatic rings. The minimum atomic E-state index is 0.424. The van der Waals surface area contributed by atoms with E-state index in [0.717, 1.165) is 10.4 Å². The molecule has 0 aliphatic heterocycles. The molecule has 88 valence electrons. The van der Waals surface area contributed by atoms with Gasteiger partial charge in [0.25, 0.3) is 0 Å². The summed E-state index contributed by atoms with van der Waals surface area (Å²) >= 11 is 7.24. The lowest BCUT2D eigenvalue weighted by Gasteiger charge is -2.29. The molecule has 0 amide bonds. The first-order valence-electron chi connectivity index (χ1n) is 5.71. The van der Waals surface area contributed by atoms with Crippen molar-refractivity contribution in [2.75, 3.05) is 6.26 Å². The van der Waals surface area contributed by atoms with Gasteiger partial charge in [-0.1, -0.05) is 0 Å². The molecular formula is C11H22N2S2. The van der Waals surface area contributed by atoms with E-state index in [1.807, 2.05) is 11.8 Å². The fourth-order valence-corrected chi connectivity index (χ4v) is 3.08. The number of hydrogen-bond acceptors (Lipinski definition) is 2. The van der Waals surface area contributed by atoms with E-state index in [0.29, 0.717) is 12.1 Å². The summed E-state index contributed by atoms with van der Waals surface area (Å²) in [7, 11) is 0. The van der Waals surface area contributed by atoms with Crippen LogP contribution in [0.15, 0.2) is 0 Å². The highest BCUT2D eigenvalue weighted by Crippen LogP contribution is 2.26. The lowest BCUT2D eigenvalue weighted by molar-refractivity contribution is 0.419. The van der Waals surface area contributed by atoms with Gasteiger partial charge < -0.3 is 10.6 Å². The van der Waals surface area contributed by atoms with Crippen LogP contribution in [0.1, 0.15) is 39.5 Å². The van der Waals surface area contributed by atoms with Gasteiger partial charge in [0.05, 0.1) is 0 Å². The lowest BCUT2D eigenvalue weighted by atomic mass is 9.95. The quantitative estimate of drug-likeness (QED) is 0.747. The zero-order valence-corrected chi connectivity index (χ0v) is 11.5. The molecular weight excluding hydrogens is 224 g/mol. The minimum Gasteiger partial charge on any atom is -0.361 e. The van der Waals surface area contributed by atoms with Crippen LogP contribution < -0.4 is 10.6 Å². The van der Waals surface area contributed by atoms with E-state index in [9.17, 15) is 0 Å². The average molecular weight is 246 g/mol. The second-order valence-corrected chi connectivity index (χ2v) is 6.03. The molecule has 0 unspecified atom stereocenters. The van der Waals surface area contributed by atoms with Gasteiger partial charge in [-0.15, -0.1) is 0 Å². The van der Waals surface area contributed by atoms with Crippen molar-refractivity contribution in [3.8, 4) is 0 Å². The molecule has 0 bridgehead atoms. The first kappa shape index (κ1) is 13.1. The van der Waals surface area contributed by atoms with Gasteiger partial charge in [0.1, 0.15) is 0 Å². The van der Waals surface area contributed by atoms with Crippen molar-refractivity contribution >= 4 is 29.1 Å². The van der Waals surface area contributed by atoms with Crippen LogP contribution in [0.5, 0.6) is 0 Å².